The van der Waals surface area contributed by atoms with Gasteiger partial charge in [0.15, 0.2) is 0 Å². The second kappa shape index (κ2) is 7.79. The van der Waals surface area contributed by atoms with E-state index in [2.05, 4.69) is 39.9 Å². The Morgan fingerprint density at radius 1 is 1.09 bits per heavy atom. The van der Waals surface area contributed by atoms with Gasteiger partial charge in [-0.05, 0) is 78.4 Å². The summed E-state index contributed by atoms with van der Waals surface area (Å²) in [4.78, 5) is 26.9. The first-order valence-electron chi connectivity index (χ1n) is 14.4. The number of carbonyl (C=O) groups is 2. The molecular formula is C30H49NO4. The Balaban J connectivity index is 1.51. The van der Waals surface area contributed by atoms with Gasteiger partial charge >= 0.3 is 0 Å². The Labute approximate surface area is 212 Å². The molecule has 2 spiro atoms. The van der Waals surface area contributed by atoms with Gasteiger partial charge in [0.2, 0.25) is 5.91 Å². The van der Waals surface area contributed by atoms with Crippen molar-refractivity contribution in [2.75, 3.05) is 6.61 Å². The number of hydrogen-bond acceptors (Lipinski definition) is 4. The van der Waals surface area contributed by atoms with E-state index in [1.807, 2.05) is 13.8 Å². The van der Waals surface area contributed by atoms with Gasteiger partial charge < -0.3 is 15.5 Å². The van der Waals surface area contributed by atoms with Gasteiger partial charge in [-0.1, -0.05) is 54.9 Å². The number of ketones is 1. The molecule has 0 aromatic carbocycles. The molecule has 0 heterocycles. The van der Waals surface area contributed by atoms with Crippen molar-refractivity contribution < 1.29 is 19.8 Å². The van der Waals surface area contributed by atoms with E-state index < -0.39 is 5.41 Å². The molecule has 3 N–H and O–H groups in total. The number of fused-ring (bicyclic) bond motifs is 2. The smallest absolute Gasteiger partial charge is 0.222 e. The zero-order chi connectivity index (χ0) is 25.8. The zero-order valence-electron chi connectivity index (χ0n) is 23.1. The summed E-state index contributed by atoms with van der Waals surface area (Å²) in [6.45, 7) is 15.2. The number of nitrogens with one attached hydrogen (secondary N) is 1. The Morgan fingerprint density at radius 2 is 1.74 bits per heavy atom. The van der Waals surface area contributed by atoms with Gasteiger partial charge in [-0.15, -0.1) is 0 Å². The van der Waals surface area contributed by atoms with E-state index in [0.29, 0.717) is 24.0 Å². The predicted octanol–water partition coefficient (Wildman–Crippen LogP) is 4.73. The summed E-state index contributed by atoms with van der Waals surface area (Å²) in [5.41, 5.74) is -0.950. The maximum atomic E-state index is 14.3. The third-order valence-electron chi connectivity index (χ3n) is 13.2. The van der Waals surface area contributed by atoms with Crippen molar-refractivity contribution >= 4 is 11.7 Å². The number of hydrogen-bond donors (Lipinski definition) is 3. The molecule has 198 valence electrons. The largest absolute Gasteiger partial charge is 0.396 e. The van der Waals surface area contributed by atoms with Gasteiger partial charge in [0, 0.05) is 29.2 Å². The molecule has 0 aromatic rings. The van der Waals surface area contributed by atoms with E-state index in [9.17, 15) is 19.8 Å². The molecule has 5 heteroatoms. The average molecular weight is 488 g/mol. The predicted molar refractivity (Wildman–Crippen MR) is 136 cm³/mol. The van der Waals surface area contributed by atoms with Crippen molar-refractivity contribution in [3.8, 4) is 0 Å². The summed E-state index contributed by atoms with van der Waals surface area (Å²) >= 11 is 0. The second-order valence-electron chi connectivity index (χ2n) is 14.5. The molecule has 1 unspecified atom stereocenters. The number of rotatable bonds is 5. The third-order valence-corrected chi connectivity index (χ3v) is 13.2. The molecular weight excluding hydrogens is 438 g/mol. The average Bonchev–Trinajstić information content (AvgIpc) is 3.44. The van der Waals surface area contributed by atoms with E-state index in [1.165, 1.54) is 0 Å². The molecule has 1 amide bonds. The van der Waals surface area contributed by atoms with Crippen LogP contribution in [0.1, 0.15) is 99.8 Å². The quantitative estimate of drug-likeness (QED) is 0.523. The number of aliphatic hydroxyl groups excluding tert-OH is 2. The zero-order valence-corrected chi connectivity index (χ0v) is 23.1. The van der Waals surface area contributed by atoms with Gasteiger partial charge in [-0.3, -0.25) is 9.59 Å². The molecule has 5 aliphatic rings. The van der Waals surface area contributed by atoms with Crippen LogP contribution in [0.4, 0.5) is 0 Å². The van der Waals surface area contributed by atoms with Crippen LogP contribution in [-0.2, 0) is 9.59 Å². The molecule has 0 radical (unpaired) electrons. The van der Waals surface area contributed by atoms with E-state index in [1.54, 1.807) is 0 Å². The van der Waals surface area contributed by atoms with Gasteiger partial charge in [0.1, 0.15) is 5.78 Å². The summed E-state index contributed by atoms with van der Waals surface area (Å²) in [5.74, 6) is 1.55. The highest BCUT2D eigenvalue weighted by Gasteiger charge is 2.86. The van der Waals surface area contributed by atoms with Crippen LogP contribution in [0.25, 0.3) is 0 Å². The minimum Gasteiger partial charge on any atom is -0.396 e. The molecule has 11 atom stereocenters. The van der Waals surface area contributed by atoms with Crippen LogP contribution < -0.4 is 5.32 Å². The lowest BCUT2D eigenvalue weighted by molar-refractivity contribution is -0.173. The first-order chi connectivity index (χ1) is 16.3. The topological polar surface area (TPSA) is 86.6 Å². The molecule has 0 bridgehead atoms. The summed E-state index contributed by atoms with van der Waals surface area (Å²) in [7, 11) is 0. The SMILES string of the molecule is CC[C@@H](C)[C@H]1[C@H](O)C[C@@]2(C)[C@@H]3CC[C@@H]4C5(CC[C@H](NC(=O)C(C)C)[C@@]4(C)CO)C[C@@]35C(=O)C[C@]12C. The van der Waals surface area contributed by atoms with Crippen LogP contribution in [0, 0.1) is 56.7 Å². The van der Waals surface area contributed by atoms with Crippen LogP contribution in [0.5, 0.6) is 0 Å². The van der Waals surface area contributed by atoms with E-state index in [-0.39, 0.29) is 64.1 Å². The van der Waals surface area contributed by atoms with Crippen LogP contribution in [-0.4, -0.2) is 40.7 Å². The highest BCUT2D eigenvalue weighted by molar-refractivity contribution is 5.92. The molecule has 5 nitrogen and oxygen atoms in total. The molecule has 5 aliphatic carbocycles. The fourth-order valence-corrected chi connectivity index (χ4v) is 11.1. The second-order valence-corrected chi connectivity index (χ2v) is 14.5. The van der Waals surface area contributed by atoms with Crippen LogP contribution in [0.15, 0.2) is 0 Å². The first kappa shape index (κ1) is 25.7. The fourth-order valence-electron chi connectivity index (χ4n) is 11.1. The third kappa shape index (κ3) is 2.89. The van der Waals surface area contributed by atoms with Gasteiger partial charge in [-0.2, -0.15) is 0 Å². The maximum absolute atomic E-state index is 14.3. The van der Waals surface area contributed by atoms with Gasteiger partial charge in [0.25, 0.3) is 0 Å². The Morgan fingerprint density at radius 3 is 2.34 bits per heavy atom. The van der Waals surface area contributed by atoms with Crippen molar-refractivity contribution in [2.24, 2.45) is 56.7 Å². The molecule has 35 heavy (non-hydrogen) atoms. The van der Waals surface area contributed by atoms with Crippen LogP contribution in [0.3, 0.4) is 0 Å². The first-order valence-corrected chi connectivity index (χ1v) is 14.4. The summed E-state index contributed by atoms with van der Waals surface area (Å²) in [6.07, 6.45) is 6.83. The van der Waals surface area contributed by atoms with Crippen LogP contribution >= 0.6 is 0 Å². The number of amides is 1. The van der Waals surface area contributed by atoms with Gasteiger partial charge in [-0.25, -0.2) is 0 Å². The highest BCUT2D eigenvalue weighted by Crippen LogP contribution is 2.88. The van der Waals surface area contributed by atoms with Crippen molar-refractivity contribution in [1.82, 2.24) is 5.32 Å². The minimum atomic E-state index is -0.409. The molecule has 5 rings (SSSR count). The van der Waals surface area contributed by atoms with Crippen molar-refractivity contribution in [1.29, 1.82) is 0 Å². The van der Waals surface area contributed by atoms with Crippen molar-refractivity contribution in [3.63, 3.8) is 0 Å². The van der Waals surface area contributed by atoms with E-state index >= 15 is 0 Å². The standard InChI is InChI=1S/C30H49NO4/c1-8-18(4)24-19(33)13-27(6)21-10-9-20-26(5,16-32)22(31-25(35)17(2)3)11-12-29(20)15-30(21,29)23(34)14-28(24,27)7/h17-22,24,32-33H,8-16H2,1-7H3,(H,31,35)/t18-,19-,20+,21+,22+,24+,26+,27+,28-,29?,30+/m1/s1. The normalized spacial score (nSPS) is 53.3. The number of carbonyl (C=O) groups excluding carboxylic acids is 2. The molecule has 0 aliphatic heterocycles. The minimum absolute atomic E-state index is 0.0405. The van der Waals surface area contributed by atoms with Crippen molar-refractivity contribution in [3.05, 3.63) is 0 Å². The molecule has 5 fully saturated rings. The summed E-state index contributed by atoms with van der Waals surface area (Å²) in [6, 6.07) is -0.0464. The Hall–Kier alpha value is -0.940. The Kier molecular flexibility index (Phi) is 5.72. The lowest BCUT2D eigenvalue weighted by Crippen LogP contribution is -2.63. The number of Topliss-reactive ketones (excluding diaryl/α,β-unsaturated/α-hetero) is 1. The van der Waals surface area contributed by atoms with Crippen molar-refractivity contribution in [2.45, 2.75) is 112 Å². The number of aliphatic hydroxyl groups is 2. The summed E-state index contributed by atoms with van der Waals surface area (Å²) in [5, 5.41) is 25.4. The van der Waals surface area contributed by atoms with Crippen LogP contribution in [0.2, 0.25) is 0 Å². The monoisotopic (exact) mass is 487 g/mol. The maximum Gasteiger partial charge on any atom is 0.222 e. The van der Waals surface area contributed by atoms with E-state index in [4.69, 9.17) is 0 Å². The molecule has 0 aromatic heterocycles. The van der Waals surface area contributed by atoms with Gasteiger partial charge in [0.05, 0.1) is 12.7 Å². The molecule has 5 saturated carbocycles. The van der Waals surface area contributed by atoms with E-state index in [0.717, 1.165) is 44.9 Å². The summed E-state index contributed by atoms with van der Waals surface area (Å²) < 4.78 is 0. The fraction of sp³-hybridized carbons (Fsp3) is 0.933. The Bertz CT molecular complexity index is 918. The highest BCUT2D eigenvalue weighted by atomic mass is 16.3. The lowest BCUT2D eigenvalue weighted by atomic mass is 9.41. The lowest BCUT2D eigenvalue weighted by Gasteiger charge is -2.62. The molecule has 0 saturated heterocycles.